The average Bonchev–Trinajstić information content (AvgIpc) is 3.06. The summed E-state index contributed by atoms with van der Waals surface area (Å²) in [4.78, 5) is 15.5. The number of nitrogens with zero attached hydrogens (tertiary/aromatic N) is 1. The summed E-state index contributed by atoms with van der Waals surface area (Å²) in [6.45, 7) is 5.55. The summed E-state index contributed by atoms with van der Waals surface area (Å²) in [5.41, 5.74) is 6.14. The summed E-state index contributed by atoms with van der Waals surface area (Å²) in [7, 11) is 0. The van der Waals surface area contributed by atoms with Gasteiger partial charge in [-0.2, -0.15) is 11.8 Å². The smallest absolute Gasteiger partial charge is 0.255 e. The number of amides is 1. The molecule has 26 heavy (non-hydrogen) atoms. The summed E-state index contributed by atoms with van der Waals surface area (Å²) in [6, 6.07) is 8.07. The van der Waals surface area contributed by atoms with Gasteiger partial charge in [0.15, 0.2) is 12.6 Å². The molecule has 2 atom stereocenters. The fraction of sp³-hybridized carbons (Fsp3) is 0.579. The maximum atomic E-state index is 10.8. The van der Waals surface area contributed by atoms with Gasteiger partial charge < -0.3 is 21.1 Å². The van der Waals surface area contributed by atoms with Crippen LogP contribution in [0.4, 0.5) is 0 Å². The van der Waals surface area contributed by atoms with Crippen LogP contribution in [0, 0.1) is 0 Å². The molecule has 1 amide bonds. The van der Waals surface area contributed by atoms with Gasteiger partial charge in [-0.25, -0.2) is 4.99 Å². The van der Waals surface area contributed by atoms with Crippen molar-refractivity contribution in [1.82, 2.24) is 10.6 Å². The standard InChI is InChI=1S/C19H30N4O2S/c1-3-21-19(23-15-8-9-17(11-15)26-4-2)22-12-14-6-5-7-16(10-14)25-13-18(20)24/h5-7,10,15,17H,3-4,8-9,11-13H2,1-2H3,(H2,20,24)(H2,21,22,23). The number of aliphatic imine (C=N–C) groups is 1. The molecular formula is C19H30N4O2S. The van der Waals surface area contributed by atoms with Crippen molar-refractivity contribution in [3.8, 4) is 5.75 Å². The first-order valence-electron chi connectivity index (χ1n) is 9.27. The normalized spacial score (nSPS) is 20.0. The lowest BCUT2D eigenvalue weighted by molar-refractivity contribution is -0.119. The van der Waals surface area contributed by atoms with E-state index in [0.29, 0.717) is 18.3 Å². The highest BCUT2D eigenvalue weighted by Crippen LogP contribution is 2.29. The number of benzene rings is 1. The molecule has 2 unspecified atom stereocenters. The summed E-state index contributed by atoms with van der Waals surface area (Å²) in [6.07, 6.45) is 3.66. The second kappa shape index (κ2) is 11.0. The molecule has 1 aromatic carbocycles. The number of guanidine groups is 1. The summed E-state index contributed by atoms with van der Waals surface area (Å²) < 4.78 is 5.35. The van der Waals surface area contributed by atoms with E-state index in [1.165, 1.54) is 25.0 Å². The highest BCUT2D eigenvalue weighted by atomic mass is 32.2. The van der Waals surface area contributed by atoms with Crippen LogP contribution < -0.4 is 21.1 Å². The molecule has 144 valence electrons. The largest absolute Gasteiger partial charge is 0.484 e. The fourth-order valence-corrected chi connectivity index (χ4v) is 4.17. The molecule has 4 N–H and O–H groups in total. The van der Waals surface area contributed by atoms with Crippen LogP contribution >= 0.6 is 11.8 Å². The Morgan fingerprint density at radius 1 is 1.38 bits per heavy atom. The number of primary amides is 1. The van der Waals surface area contributed by atoms with E-state index in [0.717, 1.165) is 23.3 Å². The molecule has 0 heterocycles. The Kier molecular flexibility index (Phi) is 8.61. The third kappa shape index (κ3) is 7.15. The topological polar surface area (TPSA) is 88.7 Å². The van der Waals surface area contributed by atoms with Crippen LogP contribution in [-0.2, 0) is 11.3 Å². The van der Waals surface area contributed by atoms with Crippen molar-refractivity contribution in [3.63, 3.8) is 0 Å². The van der Waals surface area contributed by atoms with Gasteiger partial charge in [0, 0.05) is 17.8 Å². The van der Waals surface area contributed by atoms with Gasteiger partial charge in [0.25, 0.3) is 5.91 Å². The van der Waals surface area contributed by atoms with E-state index < -0.39 is 5.91 Å². The Balaban J connectivity index is 1.92. The number of rotatable bonds is 9. The fourth-order valence-electron chi connectivity index (χ4n) is 3.03. The van der Waals surface area contributed by atoms with Crippen molar-refractivity contribution in [2.75, 3.05) is 18.9 Å². The van der Waals surface area contributed by atoms with Crippen molar-refractivity contribution in [2.45, 2.75) is 50.9 Å². The molecule has 1 saturated carbocycles. The lowest BCUT2D eigenvalue weighted by atomic mass is 10.2. The average molecular weight is 379 g/mol. The molecule has 1 aliphatic rings. The molecule has 0 bridgehead atoms. The number of thioether (sulfide) groups is 1. The van der Waals surface area contributed by atoms with Crippen LogP contribution in [-0.4, -0.2) is 42.1 Å². The molecule has 0 aliphatic heterocycles. The van der Waals surface area contributed by atoms with E-state index in [9.17, 15) is 4.79 Å². The second-order valence-corrected chi connectivity index (χ2v) is 7.91. The third-order valence-corrected chi connectivity index (χ3v) is 5.40. The van der Waals surface area contributed by atoms with Gasteiger partial charge in [0.2, 0.25) is 0 Å². The van der Waals surface area contributed by atoms with E-state index in [1.807, 2.05) is 24.3 Å². The number of carbonyl (C=O) groups is 1. The number of carbonyl (C=O) groups excluding carboxylic acids is 1. The Bertz CT molecular complexity index is 609. The van der Waals surface area contributed by atoms with Crippen LogP contribution in [0.5, 0.6) is 5.75 Å². The van der Waals surface area contributed by atoms with Crippen LogP contribution in [0.1, 0.15) is 38.7 Å². The summed E-state index contributed by atoms with van der Waals surface area (Å²) >= 11 is 2.05. The van der Waals surface area contributed by atoms with Gasteiger partial charge in [0.05, 0.1) is 6.54 Å². The Labute approximate surface area is 160 Å². The third-order valence-electron chi connectivity index (χ3n) is 4.17. The van der Waals surface area contributed by atoms with Gasteiger partial charge in [-0.05, 0) is 49.6 Å². The van der Waals surface area contributed by atoms with E-state index in [-0.39, 0.29) is 6.61 Å². The second-order valence-electron chi connectivity index (χ2n) is 6.33. The monoisotopic (exact) mass is 378 g/mol. The number of nitrogens with two attached hydrogens (primary N) is 1. The maximum absolute atomic E-state index is 10.8. The predicted octanol–water partition coefficient (Wildman–Crippen LogP) is 2.28. The number of hydrogen-bond donors (Lipinski definition) is 3. The summed E-state index contributed by atoms with van der Waals surface area (Å²) in [5.74, 6) is 2.18. The van der Waals surface area contributed by atoms with Crippen LogP contribution in [0.2, 0.25) is 0 Å². The highest BCUT2D eigenvalue weighted by molar-refractivity contribution is 7.99. The highest BCUT2D eigenvalue weighted by Gasteiger charge is 2.25. The first-order valence-corrected chi connectivity index (χ1v) is 10.3. The van der Waals surface area contributed by atoms with Gasteiger partial charge >= 0.3 is 0 Å². The van der Waals surface area contributed by atoms with E-state index in [2.05, 4.69) is 36.2 Å². The number of nitrogens with one attached hydrogen (secondary N) is 2. The number of ether oxygens (including phenoxy) is 1. The molecular weight excluding hydrogens is 348 g/mol. The minimum atomic E-state index is -0.483. The molecule has 1 aromatic rings. The minimum Gasteiger partial charge on any atom is -0.484 e. The molecule has 6 nitrogen and oxygen atoms in total. The first kappa shape index (κ1) is 20.4. The van der Waals surface area contributed by atoms with Crippen molar-refractivity contribution >= 4 is 23.6 Å². The van der Waals surface area contributed by atoms with E-state index in [1.54, 1.807) is 0 Å². The van der Waals surface area contributed by atoms with E-state index >= 15 is 0 Å². The van der Waals surface area contributed by atoms with Gasteiger partial charge in [0.1, 0.15) is 5.75 Å². The Morgan fingerprint density at radius 3 is 2.96 bits per heavy atom. The molecule has 1 aliphatic carbocycles. The van der Waals surface area contributed by atoms with Crippen molar-refractivity contribution in [2.24, 2.45) is 10.7 Å². The Morgan fingerprint density at radius 2 is 2.23 bits per heavy atom. The van der Waals surface area contributed by atoms with Crippen LogP contribution in [0.25, 0.3) is 0 Å². The Hall–Kier alpha value is -1.89. The van der Waals surface area contributed by atoms with E-state index in [4.69, 9.17) is 15.5 Å². The molecule has 0 radical (unpaired) electrons. The van der Waals surface area contributed by atoms with Crippen molar-refractivity contribution in [3.05, 3.63) is 29.8 Å². The summed E-state index contributed by atoms with van der Waals surface area (Å²) in [5, 5.41) is 7.65. The molecule has 0 saturated heterocycles. The van der Waals surface area contributed by atoms with Gasteiger partial charge in [-0.3, -0.25) is 4.79 Å². The number of hydrogen-bond acceptors (Lipinski definition) is 4. The lowest BCUT2D eigenvalue weighted by Gasteiger charge is -2.17. The maximum Gasteiger partial charge on any atom is 0.255 e. The molecule has 2 rings (SSSR count). The zero-order valence-corrected chi connectivity index (χ0v) is 16.5. The van der Waals surface area contributed by atoms with Crippen LogP contribution in [0.3, 0.4) is 0 Å². The molecule has 0 spiro atoms. The molecule has 7 heteroatoms. The van der Waals surface area contributed by atoms with Crippen molar-refractivity contribution in [1.29, 1.82) is 0 Å². The van der Waals surface area contributed by atoms with Gasteiger partial charge in [-0.15, -0.1) is 0 Å². The van der Waals surface area contributed by atoms with Crippen molar-refractivity contribution < 1.29 is 9.53 Å². The quantitative estimate of drug-likeness (QED) is 0.453. The first-order chi connectivity index (χ1) is 12.6. The zero-order valence-electron chi connectivity index (χ0n) is 15.7. The molecule has 1 fully saturated rings. The predicted molar refractivity (Wildman–Crippen MR) is 109 cm³/mol. The molecule has 0 aromatic heterocycles. The van der Waals surface area contributed by atoms with Gasteiger partial charge in [-0.1, -0.05) is 19.1 Å². The lowest BCUT2D eigenvalue weighted by Crippen LogP contribution is -2.42. The van der Waals surface area contributed by atoms with Crippen LogP contribution in [0.15, 0.2) is 29.3 Å². The minimum absolute atomic E-state index is 0.116. The zero-order chi connectivity index (χ0) is 18.8. The SMILES string of the molecule is CCNC(=NCc1cccc(OCC(N)=O)c1)NC1CCC(SCC)C1.